The molecule has 1 aromatic heterocycles. The average Bonchev–Trinajstić information content (AvgIpc) is 2.87. The second kappa shape index (κ2) is 6.45. The minimum Gasteiger partial charge on any atom is -0.449 e. The lowest BCUT2D eigenvalue weighted by Crippen LogP contribution is -2.35. The van der Waals surface area contributed by atoms with Crippen LogP contribution in [0.5, 0.6) is 0 Å². The Morgan fingerprint density at radius 2 is 2.24 bits per heavy atom. The van der Waals surface area contributed by atoms with Gasteiger partial charge in [0.15, 0.2) is 6.10 Å². The van der Waals surface area contributed by atoms with Crippen LogP contribution in [0.25, 0.3) is 11.0 Å². The fourth-order valence-electron chi connectivity index (χ4n) is 1.70. The van der Waals surface area contributed by atoms with Gasteiger partial charge in [-0.1, -0.05) is 17.7 Å². The standard InChI is InChI=1S/C15H14ClNO4/c1-3-6-17-14(18)9(2)20-15(19)13-8-10-7-11(16)4-5-12(10)21-13/h3-5,7-9H,1,6H2,2H3,(H,17,18)/t9-/m0/s1. The lowest BCUT2D eigenvalue weighted by Gasteiger charge is -2.11. The fraction of sp³-hybridized carbons (Fsp3) is 0.200. The quantitative estimate of drug-likeness (QED) is 0.681. The Morgan fingerprint density at radius 1 is 1.48 bits per heavy atom. The van der Waals surface area contributed by atoms with Gasteiger partial charge in [-0.15, -0.1) is 6.58 Å². The fourth-order valence-corrected chi connectivity index (χ4v) is 1.88. The SMILES string of the molecule is C=CCNC(=O)[C@H](C)OC(=O)c1cc2cc(Cl)ccc2o1. The number of fused-ring (bicyclic) bond motifs is 1. The van der Waals surface area contributed by atoms with Crippen LogP contribution in [0.4, 0.5) is 0 Å². The molecule has 0 aliphatic carbocycles. The molecule has 1 aromatic carbocycles. The second-order valence-electron chi connectivity index (χ2n) is 4.37. The van der Waals surface area contributed by atoms with Gasteiger partial charge in [0.05, 0.1) is 0 Å². The summed E-state index contributed by atoms with van der Waals surface area (Å²) in [5.74, 6) is -1.08. The predicted octanol–water partition coefficient (Wildman–Crippen LogP) is 2.93. The Balaban J connectivity index is 2.07. The van der Waals surface area contributed by atoms with Gasteiger partial charge in [-0.25, -0.2) is 4.79 Å². The van der Waals surface area contributed by atoms with Crippen LogP contribution in [0.3, 0.4) is 0 Å². The number of ether oxygens (including phenoxy) is 1. The van der Waals surface area contributed by atoms with E-state index < -0.39 is 18.0 Å². The number of esters is 1. The molecular formula is C15H14ClNO4. The van der Waals surface area contributed by atoms with Crippen molar-refractivity contribution >= 4 is 34.4 Å². The molecule has 0 saturated heterocycles. The molecule has 2 rings (SSSR count). The van der Waals surface area contributed by atoms with Crippen molar-refractivity contribution in [1.29, 1.82) is 0 Å². The van der Waals surface area contributed by atoms with Crippen molar-refractivity contribution < 1.29 is 18.7 Å². The summed E-state index contributed by atoms with van der Waals surface area (Å²) in [5.41, 5.74) is 0.523. The second-order valence-corrected chi connectivity index (χ2v) is 4.81. The molecule has 21 heavy (non-hydrogen) atoms. The summed E-state index contributed by atoms with van der Waals surface area (Å²) < 4.78 is 10.4. The molecular weight excluding hydrogens is 294 g/mol. The summed E-state index contributed by atoms with van der Waals surface area (Å²) in [7, 11) is 0. The number of rotatable bonds is 5. The van der Waals surface area contributed by atoms with E-state index in [2.05, 4.69) is 11.9 Å². The zero-order chi connectivity index (χ0) is 15.4. The summed E-state index contributed by atoms with van der Waals surface area (Å²) in [6.07, 6.45) is 0.615. The maximum atomic E-state index is 11.9. The maximum Gasteiger partial charge on any atom is 0.375 e. The van der Waals surface area contributed by atoms with E-state index in [4.69, 9.17) is 20.8 Å². The van der Waals surface area contributed by atoms with Crippen LogP contribution in [0.2, 0.25) is 5.02 Å². The van der Waals surface area contributed by atoms with E-state index in [0.717, 1.165) is 0 Å². The van der Waals surface area contributed by atoms with E-state index in [1.807, 2.05) is 0 Å². The summed E-state index contributed by atoms with van der Waals surface area (Å²) >= 11 is 5.86. The lowest BCUT2D eigenvalue weighted by atomic mass is 10.2. The molecule has 1 atom stereocenters. The number of amides is 1. The van der Waals surface area contributed by atoms with Crippen LogP contribution in [0, 0.1) is 0 Å². The average molecular weight is 308 g/mol. The van der Waals surface area contributed by atoms with Crippen molar-refractivity contribution in [2.45, 2.75) is 13.0 Å². The minimum absolute atomic E-state index is 0.0237. The number of benzene rings is 1. The molecule has 5 nitrogen and oxygen atoms in total. The Morgan fingerprint density at radius 3 is 2.95 bits per heavy atom. The Kier molecular flexibility index (Phi) is 4.65. The molecule has 6 heteroatoms. The lowest BCUT2D eigenvalue weighted by molar-refractivity contribution is -0.128. The molecule has 0 unspecified atom stereocenters. The van der Waals surface area contributed by atoms with Gasteiger partial charge in [-0.2, -0.15) is 0 Å². The van der Waals surface area contributed by atoms with E-state index in [1.54, 1.807) is 18.2 Å². The Labute approximate surface area is 126 Å². The number of hydrogen-bond acceptors (Lipinski definition) is 4. The first-order valence-electron chi connectivity index (χ1n) is 6.30. The van der Waals surface area contributed by atoms with Crippen molar-refractivity contribution in [3.8, 4) is 0 Å². The third-order valence-electron chi connectivity index (χ3n) is 2.75. The maximum absolute atomic E-state index is 11.9. The third kappa shape index (κ3) is 3.64. The van der Waals surface area contributed by atoms with Gasteiger partial charge in [0.2, 0.25) is 5.76 Å². The van der Waals surface area contributed by atoms with E-state index in [-0.39, 0.29) is 5.76 Å². The summed E-state index contributed by atoms with van der Waals surface area (Å²) in [6, 6.07) is 6.53. The molecule has 1 amide bonds. The van der Waals surface area contributed by atoms with E-state index in [9.17, 15) is 9.59 Å². The first kappa shape index (κ1) is 15.1. The van der Waals surface area contributed by atoms with Gasteiger partial charge < -0.3 is 14.5 Å². The molecule has 1 heterocycles. The van der Waals surface area contributed by atoms with Crippen LogP contribution in [-0.2, 0) is 9.53 Å². The number of nitrogens with one attached hydrogen (secondary N) is 1. The zero-order valence-electron chi connectivity index (χ0n) is 11.4. The Hall–Kier alpha value is -2.27. The number of hydrogen-bond donors (Lipinski definition) is 1. The topological polar surface area (TPSA) is 68.5 Å². The van der Waals surface area contributed by atoms with Gasteiger partial charge in [-0.05, 0) is 31.2 Å². The van der Waals surface area contributed by atoms with Gasteiger partial charge in [-0.3, -0.25) is 4.79 Å². The highest BCUT2D eigenvalue weighted by Gasteiger charge is 2.21. The van der Waals surface area contributed by atoms with E-state index in [0.29, 0.717) is 22.5 Å². The van der Waals surface area contributed by atoms with Crippen LogP contribution in [0.15, 0.2) is 41.3 Å². The smallest absolute Gasteiger partial charge is 0.375 e. The first-order chi connectivity index (χ1) is 10.0. The van der Waals surface area contributed by atoms with E-state index in [1.165, 1.54) is 19.1 Å². The van der Waals surface area contributed by atoms with E-state index >= 15 is 0 Å². The van der Waals surface area contributed by atoms with Crippen molar-refractivity contribution in [3.63, 3.8) is 0 Å². The van der Waals surface area contributed by atoms with Crippen molar-refractivity contribution in [2.24, 2.45) is 0 Å². The highest BCUT2D eigenvalue weighted by molar-refractivity contribution is 6.31. The van der Waals surface area contributed by atoms with Crippen molar-refractivity contribution in [2.75, 3.05) is 6.54 Å². The summed E-state index contributed by atoms with van der Waals surface area (Å²) in [5, 5.41) is 3.78. The largest absolute Gasteiger partial charge is 0.449 e. The molecule has 0 saturated carbocycles. The normalized spacial score (nSPS) is 11.9. The summed E-state index contributed by atoms with van der Waals surface area (Å²) in [6.45, 7) is 5.27. The van der Waals surface area contributed by atoms with Gasteiger partial charge in [0, 0.05) is 17.0 Å². The molecule has 0 fully saturated rings. The molecule has 0 aliphatic heterocycles. The van der Waals surface area contributed by atoms with Crippen LogP contribution in [0.1, 0.15) is 17.5 Å². The number of halogens is 1. The minimum atomic E-state index is -0.922. The monoisotopic (exact) mass is 307 g/mol. The van der Waals surface area contributed by atoms with Crippen molar-refractivity contribution in [1.82, 2.24) is 5.32 Å². The number of carbonyl (C=O) groups excluding carboxylic acids is 2. The number of furan rings is 1. The highest BCUT2D eigenvalue weighted by atomic mass is 35.5. The van der Waals surface area contributed by atoms with Gasteiger partial charge in [0.1, 0.15) is 5.58 Å². The molecule has 0 spiro atoms. The first-order valence-corrected chi connectivity index (χ1v) is 6.67. The van der Waals surface area contributed by atoms with Crippen molar-refractivity contribution in [3.05, 3.63) is 47.7 Å². The molecule has 1 N–H and O–H groups in total. The van der Waals surface area contributed by atoms with Crippen LogP contribution < -0.4 is 5.32 Å². The highest BCUT2D eigenvalue weighted by Crippen LogP contribution is 2.23. The molecule has 0 aliphatic rings. The van der Waals surface area contributed by atoms with Crippen LogP contribution >= 0.6 is 11.6 Å². The predicted molar refractivity (Wildman–Crippen MR) is 79.3 cm³/mol. The molecule has 2 aromatic rings. The van der Waals surface area contributed by atoms with Gasteiger partial charge in [0.25, 0.3) is 5.91 Å². The molecule has 0 bridgehead atoms. The third-order valence-corrected chi connectivity index (χ3v) is 2.99. The Bertz CT molecular complexity index is 692. The molecule has 0 radical (unpaired) electrons. The number of carbonyl (C=O) groups is 2. The van der Waals surface area contributed by atoms with Crippen LogP contribution in [-0.4, -0.2) is 24.5 Å². The van der Waals surface area contributed by atoms with Gasteiger partial charge >= 0.3 is 5.97 Å². The molecule has 110 valence electrons. The summed E-state index contributed by atoms with van der Waals surface area (Å²) in [4.78, 5) is 23.5. The zero-order valence-corrected chi connectivity index (χ0v) is 12.1.